The molecule has 0 unspecified atom stereocenters. The maximum absolute atomic E-state index is 11.1. The number of nitrogen functional groups attached to an aromatic ring is 1. The molecule has 3 rings (SSSR count). The van der Waals surface area contributed by atoms with Crippen LogP contribution < -0.4 is 5.73 Å². The first-order valence-electron chi connectivity index (χ1n) is 5.17. The second kappa shape index (κ2) is 2.98. The molecule has 0 radical (unpaired) electrons. The Hall–Kier alpha value is -2.04. The highest BCUT2D eigenvalue weighted by Crippen LogP contribution is 2.38. The van der Waals surface area contributed by atoms with Crippen molar-refractivity contribution in [2.24, 2.45) is 0 Å². The van der Waals surface area contributed by atoms with Gasteiger partial charge in [0.05, 0.1) is 11.0 Å². The number of imidazole rings is 1. The molecular weight excluding hydrogens is 206 g/mol. The molecular formula is C11H11N3O2. The molecule has 16 heavy (non-hydrogen) atoms. The molecule has 2 aromatic rings. The zero-order valence-electron chi connectivity index (χ0n) is 8.55. The summed E-state index contributed by atoms with van der Waals surface area (Å²) in [5.41, 5.74) is 7.85. The molecule has 0 saturated heterocycles. The zero-order chi connectivity index (χ0) is 11.3. The van der Waals surface area contributed by atoms with E-state index in [0.717, 1.165) is 18.4 Å². The van der Waals surface area contributed by atoms with Crippen LogP contribution in [0.15, 0.2) is 18.2 Å². The van der Waals surface area contributed by atoms with Gasteiger partial charge in [-0.25, -0.2) is 9.78 Å². The third-order valence-corrected chi connectivity index (χ3v) is 2.82. The average Bonchev–Trinajstić information content (AvgIpc) is 2.99. The summed E-state index contributed by atoms with van der Waals surface area (Å²) in [5, 5.41) is 9.10. The molecule has 0 bridgehead atoms. The van der Waals surface area contributed by atoms with Gasteiger partial charge >= 0.3 is 5.97 Å². The minimum atomic E-state index is -0.985. The van der Waals surface area contributed by atoms with Gasteiger partial charge in [0.25, 0.3) is 0 Å². The van der Waals surface area contributed by atoms with Gasteiger partial charge in [0, 0.05) is 11.7 Å². The Labute approximate surface area is 91.5 Å². The van der Waals surface area contributed by atoms with Crippen LogP contribution in [-0.4, -0.2) is 20.6 Å². The van der Waals surface area contributed by atoms with Crippen molar-refractivity contribution in [1.29, 1.82) is 0 Å². The Bertz CT molecular complexity index is 584. The first-order valence-corrected chi connectivity index (χ1v) is 5.17. The highest BCUT2D eigenvalue weighted by molar-refractivity contribution is 5.91. The van der Waals surface area contributed by atoms with Crippen molar-refractivity contribution >= 4 is 22.7 Å². The van der Waals surface area contributed by atoms with Crippen LogP contribution in [0.5, 0.6) is 0 Å². The van der Waals surface area contributed by atoms with E-state index in [2.05, 4.69) is 4.98 Å². The third kappa shape index (κ3) is 1.25. The van der Waals surface area contributed by atoms with Crippen LogP contribution in [0.2, 0.25) is 0 Å². The van der Waals surface area contributed by atoms with Crippen LogP contribution in [-0.2, 0) is 0 Å². The van der Waals surface area contributed by atoms with Crippen LogP contribution in [0.4, 0.5) is 5.69 Å². The highest BCUT2D eigenvalue weighted by Gasteiger charge is 2.30. The van der Waals surface area contributed by atoms with Crippen molar-refractivity contribution in [1.82, 2.24) is 9.55 Å². The van der Waals surface area contributed by atoms with Gasteiger partial charge in [-0.1, -0.05) is 0 Å². The van der Waals surface area contributed by atoms with E-state index in [1.807, 2.05) is 0 Å². The number of carbonyl (C=O) groups is 1. The lowest BCUT2D eigenvalue weighted by atomic mass is 10.3. The molecule has 1 heterocycles. The van der Waals surface area contributed by atoms with Crippen LogP contribution in [0, 0.1) is 0 Å². The molecule has 3 N–H and O–H groups in total. The second-order valence-corrected chi connectivity index (χ2v) is 4.09. The van der Waals surface area contributed by atoms with E-state index in [9.17, 15) is 4.79 Å². The number of hydrogen-bond acceptors (Lipinski definition) is 3. The van der Waals surface area contributed by atoms with Crippen molar-refractivity contribution < 1.29 is 9.90 Å². The molecule has 0 aliphatic heterocycles. The monoisotopic (exact) mass is 217 g/mol. The lowest BCUT2D eigenvalue weighted by Crippen LogP contribution is -2.08. The molecule has 0 amide bonds. The van der Waals surface area contributed by atoms with Gasteiger partial charge in [-0.2, -0.15) is 0 Å². The number of carboxylic acids is 1. The van der Waals surface area contributed by atoms with Crippen LogP contribution in [0.1, 0.15) is 29.5 Å². The van der Waals surface area contributed by atoms with E-state index in [1.54, 1.807) is 22.8 Å². The molecule has 1 saturated carbocycles. The summed E-state index contributed by atoms with van der Waals surface area (Å²) in [7, 11) is 0. The van der Waals surface area contributed by atoms with Gasteiger partial charge in [-0.15, -0.1) is 0 Å². The fourth-order valence-corrected chi connectivity index (χ4v) is 1.96. The number of anilines is 1. The number of carboxylic acid groups (broad SMARTS) is 1. The molecule has 5 nitrogen and oxygen atoms in total. The summed E-state index contributed by atoms with van der Waals surface area (Å²) >= 11 is 0. The minimum absolute atomic E-state index is 0.114. The standard InChI is InChI=1S/C11H11N3O2/c12-6-1-4-8-9(5-6)14(7-2-3-7)10(13-8)11(15)16/h1,4-5,7H,2-3,12H2,(H,15,16). The van der Waals surface area contributed by atoms with Crippen LogP contribution >= 0.6 is 0 Å². The van der Waals surface area contributed by atoms with Gasteiger partial charge < -0.3 is 15.4 Å². The van der Waals surface area contributed by atoms with Crippen LogP contribution in [0.3, 0.4) is 0 Å². The van der Waals surface area contributed by atoms with Gasteiger partial charge in [-0.05, 0) is 31.0 Å². The van der Waals surface area contributed by atoms with Gasteiger partial charge in [0.15, 0.2) is 0 Å². The molecule has 0 atom stereocenters. The molecule has 82 valence electrons. The first kappa shape index (κ1) is 9.21. The zero-order valence-corrected chi connectivity index (χ0v) is 8.55. The highest BCUT2D eigenvalue weighted by atomic mass is 16.4. The van der Waals surface area contributed by atoms with Gasteiger partial charge in [-0.3, -0.25) is 0 Å². The molecule has 1 aliphatic rings. The molecule has 5 heteroatoms. The lowest BCUT2D eigenvalue weighted by Gasteiger charge is -2.04. The largest absolute Gasteiger partial charge is 0.475 e. The van der Waals surface area contributed by atoms with Crippen molar-refractivity contribution in [2.75, 3.05) is 5.73 Å². The quantitative estimate of drug-likeness (QED) is 0.749. The predicted octanol–water partition coefficient (Wildman–Crippen LogP) is 1.65. The Morgan fingerprint density at radius 2 is 2.25 bits per heavy atom. The van der Waals surface area contributed by atoms with Crippen molar-refractivity contribution in [3.05, 3.63) is 24.0 Å². The number of aromatic carboxylic acids is 1. The van der Waals surface area contributed by atoms with Crippen molar-refractivity contribution in [3.63, 3.8) is 0 Å². The van der Waals surface area contributed by atoms with Gasteiger partial charge in [0.2, 0.25) is 5.82 Å². The molecule has 1 aromatic heterocycles. The van der Waals surface area contributed by atoms with E-state index in [0.29, 0.717) is 11.2 Å². The van der Waals surface area contributed by atoms with E-state index in [1.165, 1.54) is 0 Å². The van der Waals surface area contributed by atoms with Crippen LogP contribution in [0.25, 0.3) is 11.0 Å². The number of aromatic nitrogens is 2. The Morgan fingerprint density at radius 1 is 1.50 bits per heavy atom. The smallest absolute Gasteiger partial charge is 0.372 e. The van der Waals surface area contributed by atoms with E-state index in [4.69, 9.17) is 10.8 Å². The number of rotatable bonds is 2. The maximum Gasteiger partial charge on any atom is 0.372 e. The summed E-state index contributed by atoms with van der Waals surface area (Å²) in [6, 6.07) is 5.55. The van der Waals surface area contributed by atoms with E-state index in [-0.39, 0.29) is 11.9 Å². The van der Waals surface area contributed by atoms with Crippen molar-refractivity contribution in [3.8, 4) is 0 Å². The maximum atomic E-state index is 11.1. The fraction of sp³-hybridized carbons (Fsp3) is 0.273. The fourth-order valence-electron chi connectivity index (χ4n) is 1.96. The predicted molar refractivity (Wildman–Crippen MR) is 59.4 cm³/mol. The number of fused-ring (bicyclic) bond motifs is 1. The summed E-state index contributed by atoms with van der Waals surface area (Å²) in [5.74, 6) is -0.871. The average molecular weight is 217 g/mol. The van der Waals surface area contributed by atoms with Gasteiger partial charge in [0.1, 0.15) is 0 Å². The Kier molecular flexibility index (Phi) is 1.71. The number of benzene rings is 1. The third-order valence-electron chi connectivity index (χ3n) is 2.82. The number of nitrogens with two attached hydrogens (primary N) is 1. The number of nitrogens with zero attached hydrogens (tertiary/aromatic N) is 2. The second-order valence-electron chi connectivity index (χ2n) is 4.09. The van der Waals surface area contributed by atoms with Crippen molar-refractivity contribution in [2.45, 2.75) is 18.9 Å². The summed E-state index contributed by atoms with van der Waals surface area (Å²) in [6.07, 6.45) is 2.03. The normalized spacial score (nSPS) is 15.5. The Morgan fingerprint density at radius 3 is 2.88 bits per heavy atom. The SMILES string of the molecule is Nc1ccc2nc(C(=O)O)n(C3CC3)c2c1. The molecule has 1 fully saturated rings. The molecule has 1 aromatic carbocycles. The summed E-state index contributed by atoms with van der Waals surface area (Å²) in [6.45, 7) is 0. The lowest BCUT2D eigenvalue weighted by molar-refractivity contribution is 0.0678. The summed E-state index contributed by atoms with van der Waals surface area (Å²) in [4.78, 5) is 15.2. The van der Waals surface area contributed by atoms with E-state index >= 15 is 0 Å². The Balaban J connectivity index is 2.33. The molecule has 0 spiro atoms. The topological polar surface area (TPSA) is 81.1 Å². The minimum Gasteiger partial charge on any atom is -0.475 e. The van der Waals surface area contributed by atoms with E-state index < -0.39 is 5.97 Å². The number of hydrogen-bond donors (Lipinski definition) is 2. The molecule has 1 aliphatic carbocycles. The summed E-state index contributed by atoms with van der Waals surface area (Å²) < 4.78 is 1.79. The first-order chi connectivity index (χ1) is 7.66.